The van der Waals surface area contributed by atoms with Gasteiger partial charge in [-0.25, -0.2) is 0 Å². The predicted octanol–water partition coefficient (Wildman–Crippen LogP) is 3.20. The summed E-state index contributed by atoms with van der Waals surface area (Å²) in [5.41, 5.74) is 2.10. The lowest BCUT2D eigenvalue weighted by Gasteiger charge is -2.43. The van der Waals surface area contributed by atoms with Gasteiger partial charge in [-0.1, -0.05) is 36.8 Å². The van der Waals surface area contributed by atoms with Crippen LogP contribution in [0.4, 0.5) is 0 Å². The first-order chi connectivity index (χ1) is 10.7. The summed E-state index contributed by atoms with van der Waals surface area (Å²) >= 11 is 0. The van der Waals surface area contributed by atoms with Crippen molar-refractivity contribution >= 4 is 5.91 Å². The zero-order valence-electron chi connectivity index (χ0n) is 13.0. The highest BCUT2D eigenvalue weighted by Gasteiger charge is 2.46. The number of pyridine rings is 1. The van der Waals surface area contributed by atoms with E-state index >= 15 is 0 Å². The van der Waals surface area contributed by atoms with Crippen molar-refractivity contribution in [3.8, 4) is 0 Å². The van der Waals surface area contributed by atoms with Gasteiger partial charge in [-0.05, 0) is 42.5 Å². The molecule has 0 unspecified atom stereocenters. The van der Waals surface area contributed by atoms with Gasteiger partial charge in [0.1, 0.15) is 0 Å². The van der Waals surface area contributed by atoms with E-state index in [0.29, 0.717) is 0 Å². The third-order valence-corrected chi connectivity index (χ3v) is 4.77. The van der Waals surface area contributed by atoms with Crippen molar-refractivity contribution in [3.63, 3.8) is 0 Å². The molecule has 3 rings (SSSR count). The Kier molecular flexibility index (Phi) is 4.23. The summed E-state index contributed by atoms with van der Waals surface area (Å²) in [5, 5.41) is 0. The second kappa shape index (κ2) is 6.30. The summed E-state index contributed by atoms with van der Waals surface area (Å²) in [6.45, 7) is 0.747. The molecular weight excluding hydrogens is 272 g/mol. The number of rotatable bonds is 5. The number of aromatic nitrogens is 1. The molecule has 1 aliphatic rings. The van der Waals surface area contributed by atoms with Gasteiger partial charge in [0.2, 0.25) is 5.91 Å². The maximum Gasteiger partial charge on any atom is 0.232 e. The minimum atomic E-state index is -0.283. The van der Waals surface area contributed by atoms with Crippen LogP contribution in [0.3, 0.4) is 0 Å². The van der Waals surface area contributed by atoms with Crippen molar-refractivity contribution < 1.29 is 4.79 Å². The second-order valence-corrected chi connectivity index (χ2v) is 6.13. The predicted molar refractivity (Wildman–Crippen MR) is 87.5 cm³/mol. The summed E-state index contributed by atoms with van der Waals surface area (Å²) in [7, 11) is 1.92. The van der Waals surface area contributed by atoms with E-state index in [1.165, 1.54) is 11.1 Å². The molecule has 3 heteroatoms. The highest BCUT2D eigenvalue weighted by molar-refractivity contribution is 5.89. The molecule has 22 heavy (non-hydrogen) atoms. The molecule has 1 aromatic carbocycles. The largest absolute Gasteiger partial charge is 0.345 e. The standard InChI is InChI=1S/C19H22N2O/c1-21(15-10-16-8-13-20-14-9-16)18(22)19(11-5-12-19)17-6-3-2-4-7-17/h2-4,6-9,13-14H,5,10-12,15H2,1H3. The molecule has 0 radical (unpaired) electrons. The number of carbonyl (C=O) groups is 1. The molecule has 2 aromatic rings. The minimum Gasteiger partial charge on any atom is -0.345 e. The Morgan fingerprint density at radius 3 is 2.41 bits per heavy atom. The molecule has 0 atom stereocenters. The molecule has 0 saturated heterocycles. The number of likely N-dealkylation sites (N-methyl/N-ethyl adjacent to an activating group) is 1. The molecule has 0 spiro atoms. The molecule has 1 amide bonds. The quantitative estimate of drug-likeness (QED) is 0.848. The Hall–Kier alpha value is -2.16. The number of nitrogens with zero attached hydrogens (tertiary/aromatic N) is 2. The van der Waals surface area contributed by atoms with Crippen molar-refractivity contribution in [3.05, 3.63) is 66.0 Å². The summed E-state index contributed by atoms with van der Waals surface area (Å²) in [6, 6.07) is 14.3. The van der Waals surface area contributed by atoms with E-state index in [-0.39, 0.29) is 11.3 Å². The van der Waals surface area contributed by atoms with Crippen molar-refractivity contribution in [1.29, 1.82) is 0 Å². The number of hydrogen-bond donors (Lipinski definition) is 0. The summed E-state index contributed by atoms with van der Waals surface area (Å²) < 4.78 is 0. The van der Waals surface area contributed by atoms with Gasteiger partial charge < -0.3 is 4.90 Å². The molecule has 1 aliphatic carbocycles. The fourth-order valence-electron chi connectivity index (χ4n) is 3.23. The third kappa shape index (κ3) is 2.76. The molecule has 0 bridgehead atoms. The van der Waals surface area contributed by atoms with E-state index in [2.05, 4.69) is 17.1 Å². The van der Waals surface area contributed by atoms with Gasteiger partial charge >= 0.3 is 0 Å². The first kappa shape index (κ1) is 14.8. The van der Waals surface area contributed by atoms with Gasteiger partial charge in [-0.3, -0.25) is 9.78 Å². The van der Waals surface area contributed by atoms with Crippen molar-refractivity contribution in [2.24, 2.45) is 0 Å². The molecular formula is C19H22N2O. The molecule has 1 saturated carbocycles. The van der Waals surface area contributed by atoms with Crippen LogP contribution in [0.2, 0.25) is 0 Å². The Morgan fingerprint density at radius 2 is 1.82 bits per heavy atom. The van der Waals surface area contributed by atoms with E-state index in [0.717, 1.165) is 32.2 Å². The van der Waals surface area contributed by atoms with Gasteiger partial charge in [0.25, 0.3) is 0 Å². The van der Waals surface area contributed by atoms with Crippen LogP contribution in [0, 0.1) is 0 Å². The minimum absolute atomic E-state index is 0.263. The Balaban J connectivity index is 1.69. The zero-order chi connectivity index (χ0) is 15.4. The van der Waals surface area contributed by atoms with Crippen LogP contribution in [0.15, 0.2) is 54.9 Å². The normalized spacial score (nSPS) is 15.9. The van der Waals surface area contributed by atoms with Crippen LogP contribution < -0.4 is 0 Å². The van der Waals surface area contributed by atoms with Crippen molar-refractivity contribution in [2.75, 3.05) is 13.6 Å². The van der Waals surface area contributed by atoms with E-state index in [1.807, 2.05) is 42.3 Å². The smallest absolute Gasteiger partial charge is 0.232 e. The monoisotopic (exact) mass is 294 g/mol. The summed E-state index contributed by atoms with van der Waals surface area (Å²) in [5.74, 6) is 0.263. The van der Waals surface area contributed by atoms with Gasteiger partial charge in [0.15, 0.2) is 0 Å². The Bertz CT molecular complexity index is 620. The first-order valence-corrected chi connectivity index (χ1v) is 7.92. The fraction of sp³-hybridized carbons (Fsp3) is 0.368. The van der Waals surface area contributed by atoms with Crippen LogP contribution in [0.5, 0.6) is 0 Å². The Labute approximate surface area is 132 Å². The van der Waals surface area contributed by atoms with Crippen LogP contribution in [0.1, 0.15) is 30.4 Å². The van der Waals surface area contributed by atoms with Gasteiger partial charge in [-0.2, -0.15) is 0 Å². The van der Waals surface area contributed by atoms with E-state index in [4.69, 9.17) is 0 Å². The lowest BCUT2D eigenvalue weighted by atomic mass is 9.63. The maximum absolute atomic E-state index is 13.0. The zero-order valence-corrected chi connectivity index (χ0v) is 13.0. The van der Waals surface area contributed by atoms with Gasteiger partial charge in [-0.15, -0.1) is 0 Å². The number of carbonyl (C=O) groups excluding carboxylic acids is 1. The average molecular weight is 294 g/mol. The fourth-order valence-corrected chi connectivity index (χ4v) is 3.23. The van der Waals surface area contributed by atoms with E-state index in [9.17, 15) is 4.79 Å². The molecule has 1 aromatic heterocycles. The number of amides is 1. The lowest BCUT2D eigenvalue weighted by molar-refractivity contribution is -0.139. The molecule has 3 nitrogen and oxygen atoms in total. The van der Waals surface area contributed by atoms with Crippen LogP contribution in [0.25, 0.3) is 0 Å². The topological polar surface area (TPSA) is 33.2 Å². The van der Waals surface area contributed by atoms with Crippen LogP contribution in [-0.4, -0.2) is 29.4 Å². The third-order valence-electron chi connectivity index (χ3n) is 4.77. The second-order valence-electron chi connectivity index (χ2n) is 6.13. The number of hydrogen-bond acceptors (Lipinski definition) is 2. The average Bonchev–Trinajstić information content (AvgIpc) is 2.53. The van der Waals surface area contributed by atoms with Crippen molar-refractivity contribution in [1.82, 2.24) is 9.88 Å². The number of benzene rings is 1. The molecule has 0 aliphatic heterocycles. The molecule has 1 fully saturated rings. The lowest BCUT2D eigenvalue weighted by Crippen LogP contribution is -2.50. The van der Waals surface area contributed by atoms with E-state index in [1.54, 1.807) is 12.4 Å². The molecule has 0 N–H and O–H groups in total. The summed E-state index contributed by atoms with van der Waals surface area (Å²) in [6.07, 6.45) is 7.54. The van der Waals surface area contributed by atoms with E-state index < -0.39 is 0 Å². The van der Waals surface area contributed by atoms with Crippen LogP contribution >= 0.6 is 0 Å². The van der Waals surface area contributed by atoms with Gasteiger partial charge in [0, 0.05) is 26.0 Å². The highest BCUT2D eigenvalue weighted by Crippen LogP contribution is 2.44. The first-order valence-electron chi connectivity index (χ1n) is 7.92. The van der Waals surface area contributed by atoms with Crippen molar-refractivity contribution in [2.45, 2.75) is 31.1 Å². The van der Waals surface area contributed by atoms with Gasteiger partial charge in [0.05, 0.1) is 5.41 Å². The Morgan fingerprint density at radius 1 is 1.14 bits per heavy atom. The van der Waals surface area contributed by atoms with Crippen LogP contribution in [-0.2, 0) is 16.6 Å². The summed E-state index contributed by atoms with van der Waals surface area (Å²) in [4.78, 5) is 18.9. The highest BCUT2D eigenvalue weighted by atomic mass is 16.2. The molecule has 1 heterocycles. The maximum atomic E-state index is 13.0. The molecule has 114 valence electrons. The SMILES string of the molecule is CN(CCc1ccncc1)C(=O)C1(c2ccccc2)CCC1.